The summed E-state index contributed by atoms with van der Waals surface area (Å²) in [6, 6.07) is 20.6. The molecule has 0 bridgehead atoms. The van der Waals surface area contributed by atoms with Gasteiger partial charge in [0.2, 0.25) is 5.60 Å². The molecule has 1 radical (unpaired) electrons. The maximum atomic E-state index is 6.04. The first-order chi connectivity index (χ1) is 9.77. The number of hydrogen-bond donors (Lipinski definition) is 0. The van der Waals surface area contributed by atoms with Gasteiger partial charge in [-0.05, 0) is 17.7 Å². The number of alkyl halides is 1. The van der Waals surface area contributed by atoms with E-state index in [1.165, 1.54) is 0 Å². The highest BCUT2D eigenvalue weighted by molar-refractivity contribution is 9.09. The number of allylic oxidation sites excluding steroid dienone is 2. The lowest BCUT2D eigenvalue weighted by Crippen LogP contribution is -2.34. The summed E-state index contributed by atoms with van der Waals surface area (Å²) in [5.74, 6) is 0.989. The highest BCUT2D eigenvalue weighted by Crippen LogP contribution is 2.66. The molecule has 20 heavy (non-hydrogen) atoms. The van der Waals surface area contributed by atoms with Crippen LogP contribution in [0.25, 0.3) is 0 Å². The minimum Gasteiger partial charge on any atom is -0.472 e. The Balaban J connectivity index is 1.92. The molecule has 2 aromatic carbocycles. The third kappa shape index (κ3) is 1.43. The minimum absolute atomic E-state index is 0.468. The Bertz CT molecular complexity index is 665. The molecule has 2 aromatic rings. The Morgan fingerprint density at radius 2 is 1.45 bits per heavy atom. The molecule has 97 valence electrons. The standard InChI is InChI=1S/C18H12BrO/c19-17(14-8-3-1-4-9-14)13-7-12-16-18(17,20-16)15-10-5-2-6-11-15/h1-12H. The van der Waals surface area contributed by atoms with Crippen LogP contribution in [0.4, 0.5) is 0 Å². The minimum atomic E-state index is -0.479. The van der Waals surface area contributed by atoms with Crippen molar-refractivity contribution in [2.75, 3.05) is 0 Å². The summed E-state index contributed by atoms with van der Waals surface area (Å²) in [6.07, 6.45) is 7.36. The number of rotatable bonds is 2. The van der Waals surface area contributed by atoms with Gasteiger partial charge in [0.1, 0.15) is 10.1 Å². The van der Waals surface area contributed by atoms with Crippen LogP contribution >= 0.6 is 15.9 Å². The molecule has 0 N–H and O–H groups in total. The summed E-state index contributed by atoms with van der Waals surface area (Å²) in [4.78, 5) is 0. The topological polar surface area (TPSA) is 12.5 Å². The van der Waals surface area contributed by atoms with Gasteiger partial charge < -0.3 is 4.74 Å². The second-order valence-corrected chi connectivity index (χ2v) is 6.21. The molecule has 1 heterocycles. The third-order valence-electron chi connectivity index (χ3n) is 3.92. The van der Waals surface area contributed by atoms with Crippen molar-refractivity contribution in [2.24, 2.45) is 0 Å². The fourth-order valence-corrected chi connectivity index (χ4v) is 3.79. The first-order valence-electron chi connectivity index (χ1n) is 6.58. The molecule has 0 spiro atoms. The smallest absolute Gasteiger partial charge is 0.213 e. The molecule has 4 rings (SSSR count). The molecule has 1 aliphatic carbocycles. The molecule has 2 atom stereocenters. The molecular weight excluding hydrogens is 312 g/mol. The maximum Gasteiger partial charge on any atom is 0.213 e. The molecule has 1 fully saturated rings. The van der Waals surface area contributed by atoms with E-state index in [-0.39, 0.29) is 0 Å². The number of fused-ring (bicyclic) bond motifs is 1. The number of ether oxygens (including phenoxy) is 1. The van der Waals surface area contributed by atoms with Crippen LogP contribution in [0.3, 0.4) is 0 Å². The number of halogens is 1. The van der Waals surface area contributed by atoms with Gasteiger partial charge in [-0.2, -0.15) is 0 Å². The fraction of sp³-hybridized carbons (Fsp3) is 0.111. The second-order valence-electron chi connectivity index (χ2n) is 5.02. The predicted molar refractivity (Wildman–Crippen MR) is 82.1 cm³/mol. The lowest BCUT2D eigenvalue weighted by Gasteiger charge is -2.31. The van der Waals surface area contributed by atoms with Crippen LogP contribution in [-0.4, -0.2) is 0 Å². The molecule has 2 heteroatoms. The largest absolute Gasteiger partial charge is 0.472 e. The van der Waals surface area contributed by atoms with E-state index in [1.807, 2.05) is 48.6 Å². The molecule has 0 saturated carbocycles. The summed E-state index contributed by atoms with van der Waals surface area (Å²) >= 11 is 3.90. The predicted octanol–water partition coefficient (Wildman–Crippen LogP) is 4.46. The van der Waals surface area contributed by atoms with E-state index in [1.54, 1.807) is 0 Å². The van der Waals surface area contributed by atoms with Gasteiger partial charge in [-0.25, -0.2) is 0 Å². The van der Waals surface area contributed by atoms with Crippen molar-refractivity contribution in [2.45, 2.75) is 9.93 Å². The van der Waals surface area contributed by atoms with Crippen LogP contribution in [0, 0.1) is 6.08 Å². The van der Waals surface area contributed by atoms with E-state index >= 15 is 0 Å². The molecular formula is C18H12BrO. The van der Waals surface area contributed by atoms with Gasteiger partial charge in [-0.15, -0.1) is 0 Å². The summed E-state index contributed by atoms with van der Waals surface area (Å²) in [5.41, 5.74) is 1.82. The van der Waals surface area contributed by atoms with Crippen LogP contribution < -0.4 is 0 Å². The Hall–Kier alpha value is -1.80. The van der Waals surface area contributed by atoms with Gasteiger partial charge in [0.15, 0.2) is 0 Å². The van der Waals surface area contributed by atoms with E-state index in [0.29, 0.717) is 0 Å². The highest BCUT2D eigenvalue weighted by atomic mass is 79.9. The van der Waals surface area contributed by atoms with Crippen LogP contribution in [0.2, 0.25) is 0 Å². The molecule has 2 aliphatic rings. The van der Waals surface area contributed by atoms with Crippen molar-refractivity contribution in [1.29, 1.82) is 0 Å². The molecule has 1 saturated heterocycles. The third-order valence-corrected chi connectivity index (χ3v) is 5.17. The molecule has 1 nitrogen and oxygen atoms in total. The Labute approximate surface area is 126 Å². The van der Waals surface area contributed by atoms with Crippen LogP contribution in [-0.2, 0) is 14.7 Å². The zero-order chi connectivity index (χ0) is 13.6. The summed E-state index contributed by atoms with van der Waals surface area (Å²) < 4.78 is 5.56. The zero-order valence-electron chi connectivity index (χ0n) is 10.7. The van der Waals surface area contributed by atoms with Crippen LogP contribution in [0.1, 0.15) is 11.1 Å². The quantitative estimate of drug-likeness (QED) is 0.587. The van der Waals surface area contributed by atoms with E-state index in [4.69, 9.17) is 4.74 Å². The normalized spacial score (nSPS) is 30.1. The van der Waals surface area contributed by atoms with E-state index in [9.17, 15) is 0 Å². The molecule has 1 aliphatic heterocycles. The lowest BCUT2D eigenvalue weighted by molar-refractivity contribution is 0.274. The SMILES string of the molecule is BrC1(c2ccccc2)[C]=CC=C2OC21c1ccccc1. The monoisotopic (exact) mass is 323 g/mol. The molecule has 0 amide bonds. The van der Waals surface area contributed by atoms with E-state index < -0.39 is 9.93 Å². The average molecular weight is 324 g/mol. The van der Waals surface area contributed by atoms with Gasteiger partial charge in [0.25, 0.3) is 0 Å². The Morgan fingerprint density at radius 3 is 2.10 bits per heavy atom. The van der Waals surface area contributed by atoms with E-state index in [0.717, 1.165) is 16.9 Å². The zero-order valence-corrected chi connectivity index (χ0v) is 12.3. The first-order valence-corrected chi connectivity index (χ1v) is 7.37. The second kappa shape index (κ2) is 4.10. The van der Waals surface area contributed by atoms with Crippen molar-refractivity contribution in [3.05, 3.63) is 95.8 Å². The van der Waals surface area contributed by atoms with Crippen molar-refractivity contribution < 1.29 is 4.74 Å². The van der Waals surface area contributed by atoms with Gasteiger partial charge in [0, 0.05) is 5.56 Å². The summed E-state index contributed by atoms with van der Waals surface area (Å²) in [6.45, 7) is 0. The molecule has 0 aromatic heterocycles. The van der Waals surface area contributed by atoms with Crippen molar-refractivity contribution >= 4 is 15.9 Å². The summed E-state index contributed by atoms with van der Waals surface area (Å²) in [5, 5.41) is 0. The fourth-order valence-electron chi connectivity index (χ4n) is 2.89. The number of benzene rings is 2. The molecule has 2 unspecified atom stereocenters. The Kier molecular flexibility index (Phi) is 2.45. The summed E-state index contributed by atoms with van der Waals surface area (Å²) in [7, 11) is 0. The van der Waals surface area contributed by atoms with Crippen molar-refractivity contribution in [1.82, 2.24) is 0 Å². The van der Waals surface area contributed by atoms with Gasteiger partial charge in [-0.3, -0.25) is 0 Å². The van der Waals surface area contributed by atoms with Crippen LogP contribution in [0.15, 0.2) is 78.6 Å². The number of hydrogen-bond acceptors (Lipinski definition) is 1. The Morgan fingerprint density at radius 1 is 0.850 bits per heavy atom. The van der Waals surface area contributed by atoms with E-state index in [2.05, 4.69) is 46.3 Å². The van der Waals surface area contributed by atoms with Gasteiger partial charge in [-0.1, -0.05) is 82.7 Å². The average Bonchev–Trinajstić information content (AvgIpc) is 3.27. The first kappa shape index (κ1) is 12.0. The van der Waals surface area contributed by atoms with Crippen molar-refractivity contribution in [3.8, 4) is 0 Å². The lowest BCUT2D eigenvalue weighted by atomic mass is 9.78. The van der Waals surface area contributed by atoms with Gasteiger partial charge in [0.05, 0.1) is 0 Å². The highest BCUT2D eigenvalue weighted by Gasteiger charge is 2.68. The van der Waals surface area contributed by atoms with Crippen molar-refractivity contribution in [3.63, 3.8) is 0 Å². The number of epoxide rings is 1. The van der Waals surface area contributed by atoms with Gasteiger partial charge >= 0.3 is 0 Å². The maximum absolute atomic E-state index is 6.04. The van der Waals surface area contributed by atoms with Crippen LogP contribution in [0.5, 0.6) is 0 Å².